The van der Waals surface area contributed by atoms with Gasteiger partial charge in [0.05, 0.1) is 6.54 Å². The minimum absolute atomic E-state index is 0.0243. The van der Waals surface area contributed by atoms with Crippen LogP contribution in [0.5, 0.6) is 0 Å². The first-order chi connectivity index (χ1) is 13.8. The van der Waals surface area contributed by atoms with Gasteiger partial charge in [0.25, 0.3) is 0 Å². The number of likely N-dealkylation sites (tertiary alicyclic amines) is 1. The quantitative estimate of drug-likeness (QED) is 0.693. The van der Waals surface area contributed by atoms with Crippen LogP contribution in [0.25, 0.3) is 11.4 Å². The Morgan fingerprint density at radius 3 is 2.68 bits per heavy atom. The number of amides is 1. The van der Waals surface area contributed by atoms with Gasteiger partial charge in [-0.1, -0.05) is 42.5 Å². The summed E-state index contributed by atoms with van der Waals surface area (Å²) in [6.07, 6.45) is 4.89. The van der Waals surface area contributed by atoms with E-state index in [-0.39, 0.29) is 5.91 Å². The van der Waals surface area contributed by atoms with Crippen LogP contribution in [0, 0.1) is 5.92 Å². The Labute approximate surface area is 165 Å². The number of hydrogen-bond acceptors (Lipinski definition) is 4. The second-order valence-electron chi connectivity index (χ2n) is 7.37. The monoisotopic (exact) mass is 375 g/mol. The lowest BCUT2D eigenvalue weighted by Crippen LogP contribution is -2.39. The molecule has 0 unspecified atom stereocenters. The fourth-order valence-corrected chi connectivity index (χ4v) is 3.79. The van der Waals surface area contributed by atoms with E-state index in [1.54, 1.807) is 0 Å². The highest BCUT2D eigenvalue weighted by Crippen LogP contribution is 2.22. The zero-order valence-electron chi connectivity index (χ0n) is 15.8. The number of rotatable bonds is 6. The predicted molar refractivity (Wildman–Crippen MR) is 110 cm³/mol. The van der Waals surface area contributed by atoms with Crippen molar-refractivity contribution in [1.82, 2.24) is 20.1 Å². The van der Waals surface area contributed by atoms with Crippen LogP contribution in [0.2, 0.25) is 0 Å². The molecule has 1 aliphatic heterocycles. The molecule has 2 heterocycles. The van der Waals surface area contributed by atoms with Crippen LogP contribution in [0.15, 0.2) is 60.9 Å². The molecule has 1 aliphatic rings. The van der Waals surface area contributed by atoms with E-state index < -0.39 is 0 Å². The van der Waals surface area contributed by atoms with E-state index in [9.17, 15) is 4.79 Å². The first-order valence-corrected chi connectivity index (χ1v) is 9.78. The summed E-state index contributed by atoms with van der Waals surface area (Å²) in [6, 6.07) is 18.3. The fraction of sp³-hybridized carbons (Fsp3) is 0.318. The van der Waals surface area contributed by atoms with Crippen molar-refractivity contribution in [2.24, 2.45) is 5.92 Å². The third-order valence-electron chi connectivity index (χ3n) is 5.28. The van der Waals surface area contributed by atoms with E-state index in [4.69, 9.17) is 0 Å². The molecule has 1 amide bonds. The Morgan fingerprint density at radius 1 is 1.11 bits per heavy atom. The maximum absolute atomic E-state index is 12.5. The number of aromatic nitrogens is 3. The SMILES string of the molecule is O=C(CN1CCC(Cc2ccccc2)CC1)Nc1cccc(-c2ncn[nH]2)c1. The summed E-state index contributed by atoms with van der Waals surface area (Å²) >= 11 is 0. The molecule has 1 saturated heterocycles. The minimum atomic E-state index is 0.0243. The molecule has 6 nitrogen and oxygen atoms in total. The van der Waals surface area contributed by atoms with Gasteiger partial charge in [0.15, 0.2) is 5.82 Å². The molecular formula is C22H25N5O. The summed E-state index contributed by atoms with van der Waals surface area (Å²) in [5.74, 6) is 1.42. The normalized spacial score (nSPS) is 15.4. The number of carbonyl (C=O) groups is 1. The number of aromatic amines is 1. The van der Waals surface area contributed by atoms with Crippen molar-refractivity contribution in [1.29, 1.82) is 0 Å². The number of H-pyrrole nitrogens is 1. The van der Waals surface area contributed by atoms with Gasteiger partial charge in [-0.05, 0) is 56.0 Å². The maximum atomic E-state index is 12.5. The van der Waals surface area contributed by atoms with Crippen LogP contribution in [0.3, 0.4) is 0 Å². The number of piperidine rings is 1. The predicted octanol–water partition coefficient (Wildman–Crippen LogP) is 3.36. The molecule has 1 fully saturated rings. The molecule has 2 aromatic carbocycles. The summed E-state index contributed by atoms with van der Waals surface area (Å²) in [4.78, 5) is 18.9. The second kappa shape index (κ2) is 8.80. The van der Waals surface area contributed by atoms with Crippen LogP contribution in [-0.4, -0.2) is 45.6 Å². The Kier molecular flexibility index (Phi) is 5.77. The van der Waals surface area contributed by atoms with Crippen LogP contribution in [-0.2, 0) is 11.2 Å². The molecule has 28 heavy (non-hydrogen) atoms. The Balaban J connectivity index is 1.25. The molecule has 0 spiro atoms. The lowest BCUT2D eigenvalue weighted by atomic mass is 9.90. The number of nitrogens with one attached hydrogen (secondary N) is 2. The molecule has 0 radical (unpaired) electrons. The summed E-state index contributed by atoms with van der Waals surface area (Å²) in [5, 5.41) is 9.71. The number of anilines is 1. The highest BCUT2D eigenvalue weighted by atomic mass is 16.2. The second-order valence-corrected chi connectivity index (χ2v) is 7.37. The molecule has 6 heteroatoms. The smallest absolute Gasteiger partial charge is 0.238 e. The molecule has 3 aromatic rings. The van der Waals surface area contributed by atoms with Crippen LogP contribution < -0.4 is 5.32 Å². The van der Waals surface area contributed by atoms with Gasteiger partial charge in [-0.25, -0.2) is 4.98 Å². The van der Waals surface area contributed by atoms with Crippen LogP contribution in [0.1, 0.15) is 18.4 Å². The van der Waals surface area contributed by atoms with Gasteiger partial charge in [0.1, 0.15) is 6.33 Å². The van der Waals surface area contributed by atoms with Crippen molar-refractivity contribution in [2.75, 3.05) is 25.0 Å². The minimum Gasteiger partial charge on any atom is -0.325 e. The van der Waals surface area contributed by atoms with Gasteiger partial charge >= 0.3 is 0 Å². The molecule has 0 atom stereocenters. The van der Waals surface area contributed by atoms with Crippen LogP contribution in [0.4, 0.5) is 5.69 Å². The third kappa shape index (κ3) is 4.84. The Morgan fingerprint density at radius 2 is 1.93 bits per heavy atom. The Bertz CT molecular complexity index is 886. The van der Waals surface area contributed by atoms with Crippen molar-refractivity contribution in [3.63, 3.8) is 0 Å². The summed E-state index contributed by atoms with van der Waals surface area (Å²) in [6.45, 7) is 2.39. The number of hydrogen-bond donors (Lipinski definition) is 2. The topological polar surface area (TPSA) is 73.9 Å². The third-order valence-corrected chi connectivity index (χ3v) is 5.28. The van der Waals surface area contributed by atoms with E-state index in [0.717, 1.165) is 43.6 Å². The van der Waals surface area contributed by atoms with Crippen molar-refractivity contribution >= 4 is 11.6 Å². The zero-order chi connectivity index (χ0) is 19.2. The van der Waals surface area contributed by atoms with Gasteiger partial charge < -0.3 is 5.32 Å². The number of nitrogens with zero attached hydrogens (tertiary/aromatic N) is 3. The summed E-state index contributed by atoms with van der Waals surface area (Å²) in [7, 11) is 0. The standard InChI is InChI=1S/C22H25N5O/c28-21(25-20-8-4-7-19(14-20)22-23-16-24-26-22)15-27-11-9-18(10-12-27)13-17-5-2-1-3-6-17/h1-8,14,16,18H,9-13,15H2,(H,25,28)(H,23,24,26). The largest absolute Gasteiger partial charge is 0.325 e. The highest BCUT2D eigenvalue weighted by Gasteiger charge is 2.21. The first-order valence-electron chi connectivity index (χ1n) is 9.78. The maximum Gasteiger partial charge on any atom is 0.238 e. The molecular weight excluding hydrogens is 350 g/mol. The lowest BCUT2D eigenvalue weighted by Gasteiger charge is -2.31. The van der Waals surface area contributed by atoms with Crippen LogP contribution >= 0.6 is 0 Å². The molecule has 144 valence electrons. The van der Waals surface area contributed by atoms with Crippen molar-refractivity contribution in [2.45, 2.75) is 19.3 Å². The average Bonchev–Trinajstić information content (AvgIpc) is 3.25. The molecule has 0 bridgehead atoms. The van der Waals surface area contributed by atoms with Gasteiger partial charge in [-0.2, -0.15) is 5.10 Å². The molecule has 2 N–H and O–H groups in total. The van der Waals surface area contributed by atoms with E-state index in [0.29, 0.717) is 18.3 Å². The molecule has 0 aliphatic carbocycles. The lowest BCUT2D eigenvalue weighted by molar-refractivity contribution is -0.117. The molecule has 4 rings (SSSR count). The van der Waals surface area contributed by atoms with E-state index in [1.165, 1.54) is 11.9 Å². The van der Waals surface area contributed by atoms with E-state index in [2.05, 4.69) is 55.7 Å². The van der Waals surface area contributed by atoms with Crippen molar-refractivity contribution in [3.05, 3.63) is 66.5 Å². The first kappa shape index (κ1) is 18.4. The van der Waals surface area contributed by atoms with Gasteiger partial charge in [0.2, 0.25) is 5.91 Å². The number of benzene rings is 2. The van der Waals surface area contributed by atoms with Gasteiger partial charge in [-0.15, -0.1) is 0 Å². The average molecular weight is 375 g/mol. The van der Waals surface area contributed by atoms with E-state index in [1.807, 2.05) is 24.3 Å². The number of carbonyl (C=O) groups excluding carboxylic acids is 1. The van der Waals surface area contributed by atoms with Crippen molar-refractivity contribution in [3.8, 4) is 11.4 Å². The Hall–Kier alpha value is -2.99. The van der Waals surface area contributed by atoms with Crippen molar-refractivity contribution < 1.29 is 4.79 Å². The fourth-order valence-electron chi connectivity index (χ4n) is 3.79. The summed E-state index contributed by atoms with van der Waals surface area (Å²) < 4.78 is 0. The van der Waals surface area contributed by atoms with Gasteiger partial charge in [-0.3, -0.25) is 14.8 Å². The zero-order valence-corrected chi connectivity index (χ0v) is 15.8. The van der Waals surface area contributed by atoms with E-state index >= 15 is 0 Å². The molecule has 0 saturated carbocycles. The van der Waals surface area contributed by atoms with Gasteiger partial charge in [0, 0.05) is 11.3 Å². The molecule has 1 aromatic heterocycles. The summed E-state index contributed by atoms with van der Waals surface area (Å²) in [5.41, 5.74) is 3.08. The highest BCUT2D eigenvalue weighted by molar-refractivity contribution is 5.92.